The van der Waals surface area contributed by atoms with Gasteiger partial charge in [-0.25, -0.2) is 0 Å². The lowest BCUT2D eigenvalue weighted by atomic mass is 9.76. The van der Waals surface area contributed by atoms with Crippen LogP contribution in [0.4, 0.5) is 0 Å². The first-order valence-electron chi connectivity index (χ1n) is 8.26. The maximum absolute atomic E-state index is 5.88. The van der Waals surface area contributed by atoms with Crippen LogP contribution in [0, 0.1) is 11.8 Å². The molecular formula is C16H29BrN4. The minimum atomic E-state index is 0.343. The van der Waals surface area contributed by atoms with Gasteiger partial charge in [0.15, 0.2) is 0 Å². The summed E-state index contributed by atoms with van der Waals surface area (Å²) in [6.45, 7) is 4.45. The average Bonchev–Trinajstić information content (AvgIpc) is 2.79. The van der Waals surface area contributed by atoms with E-state index in [2.05, 4.69) is 40.3 Å². The zero-order valence-corrected chi connectivity index (χ0v) is 15.1. The van der Waals surface area contributed by atoms with Crippen LogP contribution in [-0.2, 0) is 19.9 Å². The van der Waals surface area contributed by atoms with Gasteiger partial charge >= 0.3 is 0 Å². The lowest BCUT2D eigenvalue weighted by molar-refractivity contribution is 0.206. The predicted molar refractivity (Wildman–Crippen MR) is 90.8 cm³/mol. The predicted octanol–water partition coefficient (Wildman–Crippen LogP) is 3.34. The number of nitrogens with two attached hydrogens (primary N) is 1. The first kappa shape index (κ1) is 17.0. The van der Waals surface area contributed by atoms with E-state index in [0.717, 1.165) is 28.9 Å². The Morgan fingerprint density at radius 3 is 2.76 bits per heavy atom. The third-order valence-electron chi connectivity index (χ3n) is 5.10. The number of nitrogens with one attached hydrogen (secondary N) is 1. The maximum atomic E-state index is 5.88. The monoisotopic (exact) mass is 356 g/mol. The summed E-state index contributed by atoms with van der Waals surface area (Å²) in [6.07, 6.45) is 8.53. The number of hydrogen-bond acceptors (Lipinski definition) is 3. The van der Waals surface area contributed by atoms with Gasteiger partial charge in [0.25, 0.3) is 0 Å². The molecule has 1 aromatic heterocycles. The first-order valence-corrected chi connectivity index (χ1v) is 9.06. The van der Waals surface area contributed by atoms with E-state index in [9.17, 15) is 0 Å². The Hall–Kier alpha value is -0.390. The Bertz CT molecular complexity index is 457. The third-order valence-corrected chi connectivity index (χ3v) is 6.02. The molecule has 0 amide bonds. The fourth-order valence-corrected chi connectivity index (χ4v) is 4.46. The van der Waals surface area contributed by atoms with E-state index in [1.54, 1.807) is 0 Å². The van der Waals surface area contributed by atoms with Gasteiger partial charge < -0.3 is 0 Å². The highest BCUT2D eigenvalue weighted by Gasteiger charge is 2.29. The summed E-state index contributed by atoms with van der Waals surface area (Å²) in [5.74, 6) is 7.44. The number of hydrogen-bond donors (Lipinski definition) is 2. The molecule has 0 aromatic carbocycles. The van der Waals surface area contributed by atoms with Crippen LogP contribution in [0.1, 0.15) is 57.3 Å². The van der Waals surface area contributed by atoms with Crippen LogP contribution in [0.5, 0.6) is 0 Å². The SMILES string of the molecule is CCc1nn(C)c(CC(NN)C2CCCC(CC)C2)c1Br. The van der Waals surface area contributed by atoms with Crippen LogP contribution in [0.15, 0.2) is 4.47 Å². The van der Waals surface area contributed by atoms with Gasteiger partial charge in [0.1, 0.15) is 0 Å². The fourth-order valence-electron chi connectivity index (χ4n) is 3.68. The maximum Gasteiger partial charge on any atom is 0.0766 e. The second kappa shape index (κ2) is 7.75. The molecule has 1 aliphatic carbocycles. The number of rotatable bonds is 6. The largest absolute Gasteiger partial charge is 0.271 e. The Kier molecular flexibility index (Phi) is 6.26. The summed E-state index contributed by atoms with van der Waals surface area (Å²) in [5, 5.41) is 4.59. The lowest BCUT2D eigenvalue weighted by Gasteiger charge is -2.34. The van der Waals surface area contributed by atoms with Crippen molar-refractivity contribution in [1.82, 2.24) is 15.2 Å². The standard InChI is InChI=1S/C16H29BrN4/c1-4-11-7-6-8-12(9-11)14(19-18)10-15-16(17)13(5-2)20-21(15)3/h11-12,14,19H,4-10,18H2,1-3H3. The summed E-state index contributed by atoms with van der Waals surface area (Å²) in [5.41, 5.74) is 5.48. The van der Waals surface area contributed by atoms with Gasteiger partial charge in [-0.2, -0.15) is 5.10 Å². The van der Waals surface area contributed by atoms with E-state index < -0.39 is 0 Å². The molecule has 0 saturated heterocycles. The third kappa shape index (κ3) is 3.88. The molecule has 1 aliphatic rings. The van der Waals surface area contributed by atoms with Crippen molar-refractivity contribution < 1.29 is 0 Å². The van der Waals surface area contributed by atoms with Gasteiger partial charge in [0.2, 0.25) is 0 Å². The highest BCUT2D eigenvalue weighted by atomic mass is 79.9. The molecule has 0 radical (unpaired) electrons. The fraction of sp³-hybridized carbons (Fsp3) is 0.812. The Labute approximate surface area is 137 Å². The van der Waals surface area contributed by atoms with Crippen molar-refractivity contribution in [1.29, 1.82) is 0 Å². The summed E-state index contributed by atoms with van der Waals surface area (Å²) in [7, 11) is 2.03. The molecule has 1 saturated carbocycles. The smallest absolute Gasteiger partial charge is 0.0766 e. The molecule has 1 aromatic rings. The molecule has 4 nitrogen and oxygen atoms in total. The molecule has 3 unspecified atom stereocenters. The van der Waals surface area contributed by atoms with Gasteiger partial charge in [-0.3, -0.25) is 16.0 Å². The number of hydrazine groups is 1. The van der Waals surface area contributed by atoms with Crippen molar-refractivity contribution in [2.75, 3.05) is 0 Å². The number of aryl methyl sites for hydroxylation is 2. The molecule has 0 aliphatic heterocycles. The quantitative estimate of drug-likeness (QED) is 0.607. The zero-order chi connectivity index (χ0) is 15.4. The average molecular weight is 357 g/mol. The Morgan fingerprint density at radius 1 is 1.43 bits per heavy atom. The van der Waals surface area contributed by atoms with Crippen LogP contribution in [0.3, 0.4) is 0 Å². The van der Waals surface area contributed by atoms with Crippen LogP contribution < -0.4 is 11.3 Å². The number of aromatic nitrogens is 2. The molecule has 120 valence electrons. The van der Waals surface area contributed by atoms with Crippen molar-refractivity contribution in [3.63, 3.8) is 0 Å². The van der Waals surface area contributed by atoms with Crippen LogP contribution in [0.2, 0.25) is 0 Å². The summed E-state index contributed by atoms with van der Waals surface area (Å²) < 4.78 is 3.17. The Balaban J connectivity index is 2.10. The molecule has 0 spiro atoms. The van der Waals surface area contributed by atoms with E-state index in [-0.39, 0.29) is 0 Å². The van der Waals surface area contributed by atoms with Gasteiger partial charge in [-0.15, -0.1) is 0 Å². The van der Waals surface area contributed by atoms with Crippen molar-refractivity contribution in [2.45, 2.75) is 64.8 Å². The molecule has 5 heteroatoms. The van der Waals surface area contributed by atoms with E-state index in [0.29, 0.717) is 12.0 Å². The lowest BCUT2D eigenvalue weighted by Crippen LogP contribution is -2.44. The molecule has 21 heavy (non-hydrogen) atoms. The molecule has 1 heterocycles. The van der Waals surface area contributed by atoms with Crippen LogP contribution >= 0.6 is 15.9 Å². The number of nitrogens with zero attached hydrogens (tertiary/aromatic N) is 2. The minimum Gasteiger partial charge on any atom is -0.271 e. The van der Waals surface area contributed by atoms with E-state index in [1.807, 2.05) is 11.7 Å². The van der Waals surface area contributed by atoms with Gasteiger partial charge in [-0.1, -0.05) is 33.1 Å². The van der Waals surface area contributed by atoms with E-state index >= 15 is 0 Å². The first-order chi connectivity index (χ1) is 10.1. The van der Waals surface area contributed by atoms with Crippen molar-refractivity contribution in [3.05, 3.63) is 15.9 Å². The normalized spacial score (nSPS) is 24.2. The van der Waals surface area contributed by atoms with E-state index in [4.69, 9.17) is 5.84 Å². The van der Waals surface area contributed by atoms with Crippen molar-refractivity contribution >= 4 is 15.9 Å². The molecule has 0 bridgehead atoms. The van der Waals surface area contributed by atoms with Crippen molar-refractivity contribution in [3.8, 4) is 0 Å². The summed E-state index contributed by atoms with van der Waals surface area (Å²) in [6, 6.07) is 0.343. The van der Waals surface area contributed by atoms with Gasteiger partial charge in [-0.05, 0) is 47.0 Å². The topological polar surface area (TPSA) is 55.9 Å². The molecule has 2 rings (SSSR count). The highest BCUT2D eigenvalue weighted by molar-refractivity contribution is 9.10. The van der Waals surface area contributed by atoms with Gasteiger partial charge in [0.05, 0.1) is 15.9 Å². The van der Waals surface area contributed by atoms with Crippen molar-refractivity contribution in [2.24, 2.45) is 24.7 Å². The number of halogens is 1. The van der Waals surface area contributed by atoms with Crippen LogP contribution in [0.25, 0.3) is 0 Å². The van der Waals surface area contributed by atoms with Crippen LogP contribution in [-0.4, -0.2) is 15.8 Å². The Morgan fingerprint density at radius 2 is 2.19 bits per heavy atom. The minimum absolute atomic E-state index is 0.343. The molecule has 3 atom stereocenters. The molecule has 1 fully saturated rings. The second-order valence-electron chi connectivity index (χ2n) is 6.36. The van der Waals surface area contributed by atoms with Gasteiger partial charge in [0, 0.05) is 19.5 Å². The summed E-state index contributed by atoms with van der Waals surface area (Å²) >= 11 is 3.72. The summed E-state index contributed by atoms with van der Waals surface area (Å²) in [4.78, 5) is 0. The van der Waals surface area contributed by atoms with E-state index in [1.165, 1.54) is 37.8 Å². The zero-order valence-electron chi connectivity index (χ0n) is 13.5. The molecule has 3 N–H and O–H groups in total. The second-order valence-corrected chi connectivity index (χ2v) is 7.16. The molecular weight excluding hydrogens is 328 g/mol. The highest BCUT2D eigenvalue weighted by Crippen LogP contribution is 2.34.